The Morgan fingerprint density at radius 3 is 2.41 bits per heavy atom. The van der Waals surface area contributed by atoms with E-state index in [-0.39, 0.29) is 12.6 Å². The minimum Gasteiger partial charge on any atom is -0.481 e. The van der Waals surface area contributed by atoms with E-state index in [1.54, 1.807) is 7.11 Å². The van der Waals surface area contributed by atoms with E-state index in [2.05, 4.69) is 0 Å². The maximum Gasteiger partial charge on any atom is 0.308 e. The van der Waals surface area contributed by atoms with E-state index < -0.39 is 23.8 Å². The van der Waals surface area contributed by atoms with Gasteiger partial charge >= 0.3 is 11.9 Å². The summed E-state index contributed by atoms with van der Waals surface area (Å²) in [6, 6.07) is 0.108. The number of piperidine rings is 1. The number of ether oxygens (including phenoxy) is 1. The van der Waals surface area contributed by atoms with E-state index in [0.29, 0.717) is 19.6 Å². The molecule has 1 saturated heterocycles. The molecule has 3 unspecified atom stereocenters. The molecule has 0 spiro atoms. The Morgan fingerprint density at radius 2 is 1.94 bits per heavy atom. The van der Waals surface area contributed by atoms with Crippen molar-refractivity contribution in [2.75, 3.05) is 26.8 Å². The first-order chi connectivity index (χ1) is 7.97. The van der Waals surface area contributed by atoms with Crippen molar-refractivity contribution >= 4 is 11.9 Å². The van der Waals surface area contributed by atoms with E-state index in [0.717, 1.165) is 0 Å². The van der Waals surface area contributed by atoms with Crippen LogP contribution in [0.15, 0.2) is 0 Å². The molecule has 0 bridgehead atoms. The molecule has 1 fully saturated rings. The Balaban J connectivity index is 2.68. The van der Waals surface area contributed by atoms with Gasteiger partial charge in [0.2, 0.25) is 0 Å². The molecule has 0 aromatic heterocycles. The van der Waals surface area contributed by atoms with E-state index in [9.17, 15) is 9.59 Å². The average Bonchev–Trinajstić information content (AvgIpc) is 2.28. The molecule has 1 rings (SSSR count). The summed E-state index contributed by atoms with van der Waals surface area (Å²) >= 11 is 0. The number of aliphatic carboxylic acids is 2. The summed E-state index contributed by atoms with van der Waals surface area (Å²) < 4.78 is 5.02. The Hall–Kier alpha value is -1.14. The minimum atomic E-state index is -1.04. The van der Waals surface area contributed by atoms with E-state index in [1.165, 1.54) is 0 Å². The maximum absolute atomic E-state index is 11.1. The van der Waals surface area contributed by atoms with Crippen molar-refractivity contribution in [2.45, 2.75) is 19.4 Å². The van der Waals surface area contributed by atoms with Crippen LogP contribution in [-0.2, 0) is 14.3 Å². The molecule has 1 aliphatic rings. The normalized spacial score (nSPS) is 27.6. The monoisotopic (exact) mass is 245 g/mol. The van der Waals surface area contributed by atoms with Crippen molar-refractivity contribution in [3.05, 3.63) is 0 Å². The zero-order chi connectivity index (χ0) is 13.0. The Morgan fingerprint density at radius 1 is 1.35 bits per heavy atom. The number of carbonyl (C=O) groups is 2. The number of carboxylic acid groups (broad SMARTS) is 2. The highest BCUT2D eigenvalue weighted by atomic mass is 16.5. The van der Waals surface area contributed by atoms with E-state index in [4.69, 9.17) is 14.9 Å². The van der Waals surface area contributed by atoms with Crippen LogP contribution in [-0.4, -0.2) is 59.9 Å². The van der Waals surface area contributed by atoms with Gasteiger partial charge in [-0.1, -0.05) is 0 Å². The van der Waals surface area contributed by atoms with Gasteiger partial charge in [-0.15, -0.1) is 0 Å². The standard InChI is InChI=1S/C11H19NO5/c1-7(6-17-2)12-4-3-8(10(13)14)9(5-12)11(15)16/h7-9H,3-6H2,1-2H3,(H,13,14)(H,15,16). The number of hydrogen-bond acceptors (Lipinski definition) is 4. The number of hydrogen-bond donors (Lipinski definition) is 2. The van der Waals surface area contributed by atoms with Crippen molar-refractivity contribution in [2.24, 2.45) is 11.8 Å². The molecule has 98 valence electrons. The number of likely N-dealkylation sites (tertiary alicyclic amines) is 1. The van der Waals surface area contributed by atoms with Crippen LogP contribution >= 0.6 is 0 Å². The summed E-state index contributed by atoms with van der Waals surface area (Å²) in [5.41, 5.74) is 0. The smallest absolute Gasteiger partial charge is 0.308 e. The molecule has 2 N–H and O–H groups in total. The van der Waals surface area contributed by atoms with Crippen molar-refractivity contribution in [1.29, 1.82) is 0 Å². The molecular weight excluding hydrogens is 226 g/mol. The lowest BCUT2D eigenvalue weighted by Gasteiger charge is -2.37. The SMILES string of the molecule is COCC(C)N1CCC(C(=O)O)C(C(=O)O)C1. The summed E-state index contributed by atoms with van der Waals surface area (Å²) in [7, 11) is 1.59. The Kier molecular flexibility index (Phi) is 4.89. The summed E-state index contributed by atoms with van der Waals surface area (Å²) in [5, 5.41) is 18.0. The molecule has 0 aliphatic carbocycles. The van der Waals surface area contributed by atoms with Crippen LogP contribution in [0.5, 0.6) is 0 Å². The van der Waals surface area contributed by atoms with Crippen molar-refractivity contribution < 1.29 is 24.5 Å². The fourth-order valence-corrected chi connectivity index (χ4v) is 2.27. The van der Waals surface area contributed by atoms with Gasteiger partial charge in [0.15, 0.2) is 0 Å². The van der Waals surface area contributed by atoms with Crippen LogP contribution in [0.25, 0.3) is 0 Å². The molecule has 6 nitrogen and oxygen atoms in total. The zero-order valence-corrected chi connectivity index (χ0v) is 10.1. The first-order valence-electron chi connectivity index (χ1n) is 5.66. The van der Waals surface area contributed by atoms with Crippen LogP contribution in [0.1, 0.15) is 13.3 Å². The quantitative estimate of drug-likeness (QED) is 0.716. The highest BCUT2D eigenvalue weighted by Crippen LogP contribution is 2.25. The summed E-state index contributed by atoms with van der Waals surface area (Å²) in [6.45, 7) is 3.34. The van der Waals surface area contributed by atoms with Gasteiger partial charge < -0.3 is 14.9 Å². The highest BCUT2D eigenvalue weighted by Gasteiger charge is 2.39. The fraction of sp³-hybridized carbons (Fsp3) is 0.818. The maximum atomic E-state index is 11.1. The van der Waals surface area contributed by atoms with E-state index in [1.807, 2.05) is 11.8 Å². The first-order valence-corrected chi connectivity index (χ1v) is 5.66. The second kappa shape index (κ2) is 5.97. The molecule has 6 heteroatoms. The summed E-state index contributed by atoms with van der Waals surface area (Å²) in [4.78, 5) is 24.0. The number of nitrogens with zero attached hydrogens (tertiary/aromatic N) is 1. The molecule has 0 amide bonds. The lowest BCUT2D eigenvalue weighted by Crippen LogP contribution is -2.50. The zero-order valence-electron chi connectivity index (χ0n) is 10.1. The lowest BCUT2D eigenvalue weighted by molar-refractivity contribution is -0.157. The molecule has 3 atom stereocenters. The predicted molar refractivity (Wildman–Crippen MR) is 59.8 cm³/mol. The molecule has 0 aromatic rings. The minimum absolute atomic E-state index is 0.108. The van der Waals surface area contributed by atoms with Crippen LogP contribution in [0, 0.1) is 11.8 Å². The third-order valence-corrected chi connectivity index (χ3v) is 3.31. The Bertz CT molecular complexity index is 294. The van der Waals surface area contributed by atoms with Gasteiger partial charge in [-0.3, -0.25) is 14.5 Å². The molecule has 0 aromatic carbocycles. The van der Waals surface area contributed by atoms with Gasteiger partial charge in [0.1, 0.15) is 0 Å². The van der Waals surface area contributed by atoms with Crippen molar-refractivity contribution in [3.63, 3.8) is 0 Å². The number of carboxylic acids is 2. The van der Waals surface area contributed by atoms with Crippen LogP contribution in [0.3, 0.4) is 0 Å². The lowest BCUT2D eigenvalue weighted by atomic mass is 9.85. The van der Waals surface area contributed by atoms with Crippen LogP contribution < -0.4 is 0 Å². The molecule has 0 radical (unpaired) electrons. The third-order valence-electron chi connectivity index (χ3n) is 3.31. The van der Waals surface area contributed by atoms with Gasteiger partial charge in [0, 0.05) is 19.7 Å². The average molecular weight is 245 g/mol. The van der Waals surface area contributed by atoms with E-state index >= 15 is 0 Å². The summed E-state index contributed by atoms with van der Waals surface area (Å²) in [5.74, 6) is -3.66. The topological polar surface area (TPSA) is 87.1 Å². The number of rotatable bonds is 5. The van der Waals surface area contributed by atoms with Gasteiger partial charge in [0.25, 0.3) is 0 Å². The number of methoxy groups -OCH3 is 1. The van der Waals surface area contributed by atoms with Gasteiger partial charge in [-0.05, 0) is 19.9 Å². The predicted octanol–water partition coefficient (Wildman–Crippen LogP) is 0.129. The molecular formula is C11H19NO5. The first kappa shape index (κ1) is 13.9. The van der Waals surface area contributed by atoms with Gasteiger partial charge in [-0.2, -0.15) is 0 Å². The molecule has 0 saturated carbocycles. The Labute approximate surface area is 100 Å². The van der Waals surface area contributed by atoms with Crippen molar-refractivity contribution in [1.82, 2.24) is 4.90 Å². The summed E-state index contributed by atoms with van der Waals surface area (Å²) in [6.07, 6.45) is 0.375. The van der Waals surface area contributed by atoms with Crippen molar-refractivity contribution in [3.8, 4) is 0 Å². The molecule has 1 aliphatic heterocycles. The van der Waals surface area contributed by atoms with Gasteiger partial charge in [0.05, 0.1) is 18.4 Å². The molecule has 1 heterocycles. The van der Waals surface area contributed by atoms with Crippen LogP contribution in [0.2, 0.25) is 0 Å². The second-order valence-corrected chi connectivity index (χ2v) is 4.48. The highest BCUT2D eigenvalue weighted by molar-refractivity contribution is 5.80. The van der Waals surface area contributed by atoms with Crippen LogP contribution in [0.4, 0.5) is 0 Å². The molecule has 17 heavy (non-hydrogen) atoms. The second-order valence-electron chi connectivity index (χ2n) is 4.48. The largest absolute Gasteiger partial charge is 0.481 e. The third kappa shape index (κ3) is 3.41. The van der Waals surface area contributed by atoms with Gasteiger partial charge in [-0.25, -0.2) is 0 Å². The fourth-order valence-electron chi connectivity index (χ4n) is 2.27.